The third kappa shape index (κ3) is 2.33. The lowest BCUT2D eigenvalue weighted by Gasteiger charge is -2.08. The first kappa shape index (κ1) is 12.5. The number of aryl methyl sites for hydroxylation is 1. The van der Waals surface area contributed by atoms with Crippen molar-refractivity contribution in [2.45, 2.75) is 11.8 Å². The standard InChI is InChI=1S/C12H14N4OS/c1-8-10(18-2)11(14-12(13)17)16(15-8)9-6-4-3-5-7-9/h3-7H,1-2H3,(H3,13,14,17). The Bertz CT molecular complexity index is 565. The van der Waals surface area contributed by atoms with Crippen molar-refractivity contribution in [3.63, 3.8) is 0 Å². The van der Waals surface area contributed by atoms with Gasteiger partial charge in [0, 0.05) is 0 Å². The van der Waals surface area contributed by atoms with Gasteiger partial charge in [0.1, 0.15) is 0 Å². The number of nitrogens with two attached hydrogens (primary N) is 1. The first-order valence-corrected chi connectivity index (χ1v) is 6.61. The molecule has 0 aliphatic rings. The topological polar surface area (TPSA) is 72.9 Å². The van der Waals surface area contributed by atoms with Crippen molar-refractivity contribution >= 4 is 23.6 Å². The van der Waals surface area contributed by atoms with Crippen LogP contribution in [0.1, 0.15) is 5.69 Å². The van der Waals surface area contributed by atoms with E-state index in [2.05, 4.69) is 10.4 Å². The molecule has 2 rings (SSSR count). The summed E-state index contributed by atoms with van der Waals surface area (Å²) < 4.78 is 1.69. The van der Waals surface area contributed by atoms with E-state index < -0.39 is 6.03 Å². The van der Waals surface area contributed by atoms with E-state index in [4.69, 9.17) is 5.73 Å². The van der Waals surface area contributed by atoms with Gasteiger partial charge < -0.3 is 5.73 Å². The minimum Gasteiger partial charge on any atom is -0.351 e. The van der Waals surface area contributed by atoms with Crippen molar-refractivity contribution in [1.29, 1.82) is 0 Å². The quantitative estimate of drug-likeness (QED) is 0.834. The third-order valence-corrected chi connectivity index (χ3v) is 3.35. The summed E-state index contributed by atoms with van der Waals surface area (Å²) in [7, 11) is 0. The first-order valence-electron chi connectivity index (χ1n) is 5.39. The number of rotatable bonds is 3. The molecule has 3 N–H and O–H groups in total. The number of anilines is 1. The highest BCUT2D eigenvalue weighted by Gasteiger charge is 2.16. The molecule has 1 heterocycles. The number of nitrogens with zero attached hydrogens (tertiary/aromatic N) is 2. The van der Waals surface area contributed by atoms with Gasteiger partial charge >= 0.3 is 6.03 Å². The smallest absolute Gasteiger partial charge is 0.317 e. The molecule has 0 radical (unpaired) electrons. The highest BCUT2D eigenvalue weighted by molar-refractivity contribution is 7.98. The minimum atomic E-state index is -0.595. The van der Waals surface area contributed by atoms with E-state index in [1.165, 1.54) is 11.8 Å². The molecule has 2 aromatic rings. The Morgan fingerprint density at radius 1 is 1.39 bits per heavy atom. The number of carbonyl (C=O) groups is 1. The second-order valence-corrected chi connectivity index (χ2v) is 4.52. The van der Waals surface area contributed by atoms with Gasteiger partial charge in [-0.05, 0) is 25.3 Å². The number of benzene rings is 1. The van der Waals surface area contributed by atoms with E-state index in [-0.39, 0.29) is 0 Å². The number of carbonyl (C=O) groups excluding carboxylic acids is 1. The van der Waals surface area contributed by atoms with Gasteiger partial charge in [0.2, 0.25) is 0 Å². The predicted molar refractivity (Wildman–Crippen MR) is 73.3 cm³/mol. The van der Waals surface area contributed by atoms with Crippen LogP contribution in [0, 0.1) is 6.92 Å². The van der Waals surface area contributed by atoms with Crippen molar-refractivity contribution in [1.82, 2.24) is 9.78 Å². The molecule has 1 aromatic carbocycles. The molecule has 2 amide bonds. The van der Waals surface area contributed by atoms with Gasteiger partial charge in [-0.3, -0.25) is 5.32 Å². The number of thioether (sulfide) groups is 1. The van der Waals surface area contributed by atoms with Crippen LogP contribution in [0.3, 0.4) is 0 Å². The van der Waals surface area contributed by atoms with E-state index in [1.54, 1.807) is 4.68 Å². The molecule has 18 heavy (non-hydrogen) atoms. The number of para-hydroxylation sites is 1. The normalized spacial score (nSPS) is 10.3. The second kappa shape index (κ2) is 5.14. The van der Waals surface area contributed by atoms with Crippen LogP contribution in [0.5, 0.6) is 0 Å². The summed E-state index contributed by atoms with van der Waals surface area (Å²) in [6.45, 7) is 1.90. The number of aromatic nitrogens is 2. The Morgan fingerprint density at radius 2 is 2.06 bits per heavy atom. The van der Waals surface area contributed by atoms with Crippen molar-refractivity contribution < 1.29 is 4.79 Å². The first-order chi connectivity index (χ1) is 8.63. The van der Waals surface area contributed by atoms with Crippen LogP contribution in [0.2, 0.25) is 0 Å². The average molecular weight is 262 g/mol. The molecular formula is C12H14N4OS. The van der Waals surface area contributed by atoms with Gasteiger partial charge in [0.05, 0.1) is 16.3 Å². The molecule has 0 aliphatic heterocycles. The van der Waals surface area contributed by atoms with Gasteiger partial charge in [-0.25, -0.2) is 9.48 Å². The molecule has 5 nitrogen and oxygen atoms in total. The molecule has 0 aliphatic carbocycles. The van der Waals surface area contributed by atoms with Crippen LogP contribution < -0.4 is 11.1 Å². The predicted octanol–water partition coefficient (Wildman–Crippen LogP) is 2.39. The summed E-state index contributed by atoms with van der Waals surface area (Å²) in [6, 6.07) is 9.00. The molecule has 0 bridgehead atoms. The number of nitrogens with one attached hydrogen (secondary N) is 1. The van der Waals surface area contributed by atoms with E-state index in [0.29, 0.717) is 5.82 Å². The zero-order valence-corrected chi connectivity index (χ0v) is 11.0. The maximum atomic E-state index is 11.1. The maximum Gasteiger partial charge on any atom is 0.317 e. The van der Waals surface area contributed by atoms with Crippen LogP contribution in [0.15, 0.2) is 35.2 Å². The lowest BCUT2D eigenvalue weighted by atomic mass is 10.3. The third-order valence-electron chi connectivity index (χ3n) is 2.45. The molecule has 6 heteroatoms. The molecule has 0 unspecified atom stereocenters. The highest BCUT2D eigenvalue weighted by Crippen LogP contribution is 2.30. The number of urea groups is 1. The Kier molecular flexibility index (Phi) is 3.57. The number of primary amides is 1. The van der Waals surface area contributed by atoms with E-state index in [1.807, 2.05) is 43.5 Å². The van der Waals surface area contributed by atoms with Gasteiger partial charge in [0.15, 0.2) is 5.82 Å². The molecule has 0 fully saturated rings. The van der Waals surface area contributed by atoms with E-state index in [9.17, 15) is 4.79 Å². The zero-order chi connectivity index (χ0) is 13.1. The summed E-state index contributed by atoms with van der Waals surface area (Å²) in [5.41, 5.74) is 6.94. The van der Waals surface area contributed by atoms with E-state index in [0.717, 1.165) is 16.3 Å². The Labute approximate surface area is 109 Å². The Balaban J connectivity index is 2.56. The monoisotopic (exact) mass is 262 g/mol. The number of hydrogen-bond donors (Lipinski definition) is 2. The fraction of sp³-hybridized carbons (Fsp3) is 0.167. The average Bonchev–Trinajstić information content (AvgIpc) is 2.66. The van der Waals surface area contributed by atoms with Gasteiger partial charge in [0.25, 0.3) is 0 Å². The fourth-order valence-electron chi connectivity index (χ4n) is 1.74. The van der Waals surface area contributed by atoms with Crippen LogP contribution in [0.4, 0.5) is 10.6 Å². The summed E-state index contributed by atoms with van der Waals surface area (Å²) in [5.74, 6) is 0.610. The molecule has 0 saturated heterocycles. The maximum absolute atomic E-state index is 11.1. The van der Waals surface area contributed by atoms with Crippen LogP contribution in [-0.2, 0) is 0 Å². The highest BCUT2D eigenvalue weighted by atomic mass is 32.2. The molecule has 1 aromatic heterocycles. The van der Waals surface area contributed by atoms with Gasteiger partial charge in [-0.1, -0.05) is 18.2 Å². The largest absolute Gasteiger partial charge is 0.351 e. The van der Waals surface area contributed by atoms with E-state index >= 15 is 0 Å². The van der Waals surface area contributed by atoms with Crippen LogP contribution >= 0.6 is 11.8 Å². The van der Waals surface area contributed by atoms with Crippen LogP contribution in [0.25, 0.3) is 5.69 Å². The zero-order valence-electron chi connectivity index (χ0n) is 10.2. The summed E-state index contributed by atoms with van der Waals surface area (Å²) >= 11 is 1.53. The van der Waals surface area contributed by atoms with Crippen molar-refractivity contribution in [2.75, 3.05) is 11.6 Å². The molecule has 94 valence electrons. The summed E-state index contributed by atoms with van der Waals surface area (Å²) in [6.07, 6.45) is 1.94. The Morgan fingerprint density at radius 3 is 2.61 bits per heavy atom. The SMILES string of the molecule is CSc1c(C)nn(-c2ccccc2)c1NC(N)=O. The van der Waals surface area contributed by atoms with Crippen LogP contribution in [-0.4, -0.2) is 22.1 Å². The summed E-state index contributed by atoms with van der Waals surface area (Å²) in [4.78, 5) is 12.0. The minimum absolute atomic E-state index is 0.595. The van der Waals surface area contributed by atoms with Gasteiger partial charge in [-0.15, -0.1) is 11.8 Å². The molecule has 0 atom stereocenters. The Hall–Kier alpha value is -1.95. The van der Waals surface area contributed by atoms with Crippen molar-refractivity contribution in [2.24, 2.45) is 5.73 Å². The lowest BCUT2D eigenvalue weighted by molar-refractivity contribution is 0.259. The van der Waals surface area contributed by atoms with Crippen molar-refractivity contribution in [3.05, 3.63) is 36.0 Å². The fourth-order valence-corrected chi connectivity index (χ4v) is 2.41. The lowest BCUT2D eigenvalue weighted by Crippen LogP contribution is -2.21. The van der Waals surface area contributed by atoms with Crippen molar-refractivity contribution in [3.8, 4) is 5.69 Å². The summed E-state index contributed by atoms with van der Waals surface area (Å²) in [5, 5.41) is 7.06. The molecule has 0 spiro atoms. The van der Waals surface area contributed by atoms with Gasteiger partial charge in [-0.2, -0.15) is 5.10 Å². The number of amides is 2. The molecular weight excluding hydrogens is 248 g/mol. The number of hydrogen-bond acceptors (Lipinski definition) is 3. The molecule has 0 saturated carbocycles. The second-order valence-electron chi connectivity index (χ2n) is 3.70.